The molecule has 1 atom stereocenters. The number of nitro benzene ring substituents is 1. The lowest BCUT2D eigenvalue weighted by atomic mass is 9.94. The number of benzene rings is 1. The molecular weight excluding hydrogens is 380 g/mol. The zero-order valence-corrected chi connectivity index (χ0v) is 17.3. The van der Waals surface area contributed by atoms with Crippen LogP contribution in [-0.2, 0) is 9.53 Å². The second-order valence-corrected chi connectivity index (χ2v) is 6.95. The van der Waals surface area contributed by atoms with Crippen molar-refractivity contribution < 1.29 is 28.7 Å². The third kappa shape index (κ3) is 5.16. The molecule has 1 aliphatic carbocycles. The Morgan fingerprint density at radius 3 is 2.28 bits per heavy atom. The second-order valence-electron chi connectivity index (χ2n) is 6.95. The first kappa shape index (κ1) is 22.4. The lowest BCUT2D eigenvalue weighted by Crippen LogP contribution is -2.46. The van der Waals surface area contributed by atoms with Crippen LogP contribution in [0.2, 0.25) is 0 Å². The largest absolute Gasteiger partial charge is 0.493 e. The van der Waals surface area contributed by atoms with E-state index in [1.807, 2.05) is 6.92 Å². The molecule has 0 N–H and O–H groups in total. The van der Waals surface area contributed by atoms with Crippen molar-refractivity contribution in [2.75, 3.05) is 20.8 Å². The number of amides is 1. The predicted octanol–water partition coefficient (Wildman–Crippen LogP) is 3.34. The first-order valence-electron chi connectivity index (χ1n) is 9.75. The Labute approximate surface area is 170 Å². The van der Waals surface area contributed by atoms with Crippen molar-refractivity contribution in [3.63, 3.8) is 0 Å². The van der Waals surface area contributed by atoms with Gasteiger partial charge in [0.25, 0.3) is 11.6 Å². The number of esters is 1. The van der Waals surface area contributed by atoms with Gasteiger partial charge in [0.1, 0.15) is 5.56 Å². The number of likely N-dealkylation sites (N-methyl/N-ethyl adjacent to an activating group) is 1. The van der Waals surface area contributed by atoms with Gasteiger partial charge in [-0.2, -0.15) is 0 Å². The number of methoxy groups -OCH3 is 2. The van der Waals surface area contributed by atoms with Crippen LogP contribution in [0.15, 0.2) is 12.1 Å². The summed E-state index contributed by atoms with van der Waals surface area (Å²) in [6.07, 6.45) is 4.11. The van der Waals surface area contributed by atoms with E-state index < -0.39 is 22.7 Å². The zero-order chi connectivity index (χ0) is 21.6. The Morgan fingerprint density at radius 1 is 1.17 bits per heavy atom. The van der Waals surface area contributed by atoms with Gasteiger partial charge in [-0.15, -0.1) is 0 Å². The summed E-state index contributed by atoms with van der Waals surface area (Å²) in [6, 6.07) is 2.43. The topological polar surface area (TPSA) is 108 Å². The van der Waals surface area contributed by atoms with Gasteiger partial charge in [-0.25, -0.2) is 4.79 Å². The minimum absolute atomic E-state index is 0.120. The molecule has 1 aromatic carbocycles. The second kappa shape index (κ2) is 10.1. The van der Waals surface area contributed by atoms with Crippen molar-refractivity contribution in [1.29, 1.82) is 0 Å². The van der Waals surface area contributed by atoms with Crippen LogP contribution in [0.1, 0.15) is 56.3 Å². The van der Waals surface area contributed by atoms with Gasteiger partial charge in [0.05, 0.1) is 25.2 Å². The fourth-order valence-corrected chi connectivity index (χ4v) is 3.68. The smallest absolute Gasteiger partial charge is 0.346 e. The van der Waals surface area contributed by atoms with Gasteiger partial charge < -0.3 is 19.1 Å². The lowest BCUT2D eigenvalue weighted by Gasteiger charge is -2.35. The lowest BCUT2D eigenvalue weighted by molar-refractivity contribution is -0.385. The molecule has 0 saturated heterocycles. The highest BCUT2D eigenvalue weighted by Crippen LogP contribution is 2.35. The summed E-state index contributed by atoms with van der Waals surface area (Å²) in [6.45, 7) is 3.89. The summed E-state index contributed by atoms with van der Waals surface area (Å²) < 4.78 is 15.5. The molecule has 1 aromatic rings. The van der Waals surface area contributed by atoms with Crippen molar-refractivity contribution in [3.05, 3.63) is 27.8 Å². The van der Waals surface area contributed by atoms with Gasteiger partial charge in [0.2, 0.25) is 0 Å². The zero-order valence-electron chi connectivity index (χ0n) is 17.3. The minimum Gasteiger partial charge on any atom is -0.493 e. The molecule has 29 heavy (non-hydrogen) atoms. The molecule has 160 valence electrons. The molecule has 0 heterocycles. The number of rotatable bonds is 8. The fraction of sp³-hybridized carbons (Fsp3) is 0.600. The summed E-state index contributed by atoms with van der Waals surface area (Å²) >= 11 is 0. The van der Waals surface area contributed by atoms with Crippen LogP contribution in [-0.4, -0.2) is 54.6 Å². The van der Waals surface area contributed by atoms with Gasteiger partial charge in [0.15, 0.2) is 17.6 Å². The number of nitro groups is 1. The Hall–Kier alpha value is -2.84. The van der Waals surface area contributed by atoms with E-state index in [2.05, 4.69) is 0 Å². The Bertz CT molecular complexity index is 759. The van der Waals surface area contributed by atoms with Crippen molar-refractivity contribution in [2.24, 2.45) is 0 Å². The number of ether oxygens (including phenoxy) is 3. The molecule has 1 saturated carbocycles. The van der Waals surface area contributed by atoms with Gasteiger partial charge in [0, 0.05) is 18.7 Å². The van der Waals surface area contributed by atoms with Gasteiger partial charge in [-0.05, 0) is 26.7 Å². The van der Waals surface area contributed by atoms with E-state index in [9.17, 15) is 19.7 Å². The van der Waals surface area contributed by atoms with E-state index in [-0.39, 0.29) is 29.0 Å². The average Bonchev–Trinajstić information content (AvgIpc) is 2.73. The van der Waals surface area contributed by atoms with Crippen molar-refractivity contribution in [3.8, 4) is 11.5 Å². The number of carbonyl (C=O) groups is 2. The maximum Gasteiger partial charge on any atom is 0.346 e. The maximum atomic E-state index is 12.9. The average molecular weight is 408 g/mol. The molecule has 2 rings (SSSR count). The Kier molecular flexibility index (Phi) is 7.81. The fourth-order valence-electron chi connectivity index (χ4n) is 3.68. The number of carbonyl (C=O) groups excluding carboxylic acids is 2. The van der Waals surface area contributed by atoms with Crippen LogP contribution in [0.5, 0.6) is 11.5 Å². The van der Waals surface area contributed by atoms with Crippen LogP contribution in [0, 0.1) is 10.1 Å². The molecule has 0 bridgehead atoms. The molecular formula is C20H28N2O7. The van der Waals surface area contributed by atoms with E-state index >= 15 is 0 Å². The van der Waals surface area contributed by atoms with E-state index in [1.165, 1.54) is 27.2 Å². The summed E-state index contributed by atoms with van der Waals surface area (Å²) in [5.74, 6) is -0.982. The van der Waals surface area contributed by atoms with Gasteiger partial charge >= 0.3 is 5.97 Å². The van der Waals surface area contributed by atoms with E-state index in [1.54, 1.807) is 4.90 Å². The normalized spacial score (nSPS) is 15.3. The Balaban J connectivity index is 2.21. The van der Waals surface area contributed by atoms with Crippen LogP contribution < -0.4 is 9.47 Å². The van der Waals surface area contributed by atoms with E-state index in [4.69, 9.17) is 14.2 Å². The van der Waals surface area contributed by atoms with Crippen molar-refractivity contribution >= 4 is 17.6 Å². The number of nitrogens with zero attached hydrogens (tertiary/aromatic N) is 2. The molecule has 9 nitrogen and oxygen atoms in total. The predicted molar refractivity (Wildman–Crippen MR) is 105 cm³/mol. The third-order valence-corrected chi connectivity index (χ3v) is 5.19. The van der Waals surface area contributed by atoms with Crippen molar-refractivity contribution in [2.45, 2.75) is 58.1 Å². The Morgan fingerprint density at radius 2 is 1.76 bits per heavy atom. The highest BCUT2D eigenvalue weighted by atomic mass is 16.6. The molecule has 0 radical (unpaired) electrons. The highest BCUT2D eigenvalue weighted by molar-refractivity contribution is 5.96. The molecule has 0 unspecified atom stereocenters. The van der Waals surface area contributed by atoms with Gasteiger partial charge in [-0.1, -0.05) is 19.3 Å². The SMILES string of the molecule is CCN(C(=O)[C@H](C)OC(=O)c1cc(OC)c(OC)cc1[N+](=O)[O-])C1CCCCC1. The first-order valence-corrected chi connectivity index (χ1v) is 9.75. The van der Waals surface area contributed by atoms with Crippen molar-refractivity contribution in [1.82, 2.24) is 4.90 Å². The third-order valence-electron chi connectivity index (χ3n) is 5.19. The van der Waals surface area contributed by atoms with Gasteiger partial charge in [-0.3, -0.25) is 14.9 Å². The maximum absolute atomic E-state index is 12.9. The number of hydrogen-bond acceptors (Lipinski definition) is 7. The summed E-state index contributed by atoms with van der Waals surface area (Å²) in [7, 11) is 2.69. The van der Waals surface area contributed by atoms with E-state index in [0.29, 0.717) is 6.54 Å². The molecule has 0 aromatic heterocycles. The van der Waals surface area contributed by atoms with Crippen LogP contribution >= 0.6 is 0 Å². The molecule has 1 aliphatic rings. The first-order chi connectivity index (χ1) is 13.8. The molecule has 1 amide bonds. The standard InChI is InChI=1S/C20H28N2O7/c1-5-21(14-9-7-6-8-10-14)19(23)13(2)29-20(24)15-11-17(27-3)18(28-4)12-16(15)22(25)26/h11-14H,5-10H2,1-4H3/t13-/m0/s1. The van der Waals surface area contributed by atoms with Crippen LogP contribution in [0.25, 0.3) is 0 Å². The minimum atomic E-state index is -1.06. The quantitative estimate of drug-likeness (QED) is 0.369. The van der Waals surface area contributed by atoms with E-state index in [0.717, 1.165) is 38.2 Å². The monoisotopic (exact) mass is 408 g/mol. The summed E-state index contributed by atoms with van der Waals surface area (Å²) in [4.78, 5) is 37.9. The summed E-state index contributed by atoms with van der Waals surface area (Å²) in [5.41, 5.74) is -0.778. The number of hydrogen-bond donors (Lipinski definition) is 0. The molecule has 0 aliphatic heterocycles. The van der Waals surface area contributed by atoms with Crippen LogP contribution in [0.4, 0.5) is 5.69 Å². The summed E-state index contributed by atoms with van der Waals surface area (Å²) in [5, 5.41) is 11.4. The molecule has 0 spiro atoms. The molecule has 1 fully saturated rings. The van der Waals surface area contributed by atoms with Crippen LogP contribution in [0.3, 0.4) is 0 Å². The molecule has 9 heteroatoms. The highest BCUT2D eigenvalue weighted by Gasteiger charge is 2.32.